The highest BCUT2D eigenvalue weighted by Crippen LogP contribution is 2.21. The van der Waals surface area contributed by atoms with Crippen LogP contribution in [0.1, 0.15) is 5.82 Å². The molecule has 0 aliphatic rings. The molecule has 0 bridgehead atoms. The van der Waals surface area contributed by atoms with Crippen molar-refractivity contribution < 1.29 is 4.57 Å². The Bertz CT molecular complexity index is 1330. The molecule has 4 nitrogen and oxygen atoms in total. The molecule has 5 rings (SSSR count). The van der Waals surface area contributed by atoms with Crippen molar-refractivity contribution in [2.45, 2.75) is 0 Å². The highest BCUT2D eigenvalue weighted by atomic mass is 32.1. The molecule has 0 amide bonds. The van der Waals surface area contributed by atoms with Crippen LogP contribution < -0.4 is 9.88 Å². The van der Waals surface area contributed by atoms with Gasteiger partial charge in [0.2, 0.25) is 0 Å². The zero-order chi connectivity index (χ0) is 21.8. The van der Waals surface area contributed by atoms with Crippen molar-refractivity contribution in [3.8, 4) is 22.8 Å². The third kappa shape index (κ3) is 3.94. The third-order valence-electron chi connectivity index (χ3n) is 5.10. The van der Waals surface area contributed by atoms with Gasteiger partial charge in [-0.25, -0.2) is 0 Å². The summed E-state index contributed by atoms with van der Waals surface area (Å²) < 4.78 is 4.02. The van der Waals surface area contributed by atoms with E-state index in [-0.39, 0.29) is 0 Å². The number of para-hydroxylation sites is 3. The number of anilines is 1. The first-order valence-corrected chi connectivity index (χ1v) is 10.8. The zero-order valence-electron chi connectivity index (χ0n) is 17.3. The quantitative estimate of drug-likeness (QED) is 0.289. The molecule has 154 valence electrons. The lowest BCUT2D eigenvalue weighted by atomic mass is 10.2. The van der Waals surface area contributed by atoms with Crippen molar-refractivity contribution in [3.63, 3.8) is 0 Å². The lowest BCUT2D eigenvalue weighted by Gasteiger charge is -2.09. The second-order valence-electron chi connectivity index (χ2n) is 7.25. The molecule has 5 aromatic rings. The van der Waals surface area contributed by atoms with Crippen LogP contribution >= 0.6 is 12.2 Å². The van der Waals surface area contributed by atoms with E-state index in [4.69, 9.17) is 17.3 Å². The second-order valence-corrected chi connectivity index (χ2v) is 7.66. The molecule has 0 fully saturated rings. The summed E-state index contributed by atoms with van der Waals surface area (Å²) in [6.07, 6.45) is 0. The van der Waals surface area contributed by atoms with Crippen LogP contribution in [0.2, 0.25) is 0 Å². The van der Waals surface area contributed by atoms with Crippen LogP contribution in [0.25, 0.3) is 22.8 Å². The van der Waals surface area contributed by atoms with E-state index in [0.29, 0.717) is 4.99 Å². The van der Waals surface area contributed by atoms with E-state index in [1.54, 1.807) is 0 Å². The summed E-state index contributed by atoms with van der Waals surface area (Å²) in [7, 11) is 0. The Hall–Kier alpha value is -4.09. The van der Waals surface area contributed by atoms with Gasteiger partial charge in [-0.15, -0.1) is 0 Å². The monoisotopic (exact) mass is 433 g/mol. The number of thiocarbonyl (C=S) groups is 1. The predicted molar refractivity (Wildman–Crippen MR) is 132 cm³/mol. The maximum atomic E-state index is 5.95. The fourth-order valence-electron chi connectivity index (χ4n) is 3.63. The van der Waals surface area contributed by atoms with Crippen LogP contribution in [0, 0.1) is 0 Å². The predicted octanol–water partition coefficient (Wildman–Crippen LogP) is 5.60. The first-order chi connectivity index (χ1) is 15.8. The normalized spacial score (nSPS) is 10.6. The molecule has 0 unspecified atom stereocenters. The van der Waals surface area contributed by atoms with Gasteiger partial charge in [0.25, 0.3) is 0 Å². The number of nitrogens with zero attached hydrogens (tertiary/aromatic N) is 3. The fraction of sp³-hybridized carbons (Fsp3) is 0. The molecule has 0 saturated heterocycles. The van der Waals surface area contributed by atoms with E-state index in [1.165, 1.54) is 0 Å². The lowest BCUT2D eigenvalue weighted by Crippen LogP contribution is -2.40. The maximum Gasteiger partial charge on any atom is 0.314 e. The number of nitrogens with one attached hydrogen (secondary N) is 1. The van der Waals surface area contributed by atoms with Crippen molar-refractivity contribution in [1.82, 2.24) is 9.78 Å². The summed E-state index contributed by atoms with van der Waals surface area (Å²) in [5.41, 5.74) is 3.86. The Morgan fingerprint density at radius 2 is 1.22 bits per heavy atom. The summed E-state index contributed by atoms with van der Waals surface area (Å²) in [5, 5.41) is 8.43. The average Bonchev–Trinajstić information content (AvgIpc) is 3.27. The van der Waals surface area contributed by atoms with Crippen molar-refractivity contribution in [3.05, 3.63) is 127 Å². The minimum atomic E-state index is 0.582. The summed E-state index contributed by atoms with van der Waals surface area (Å²) in [6, 6.07) is 40.4. The zero-order valence-corrected chi connectivity index (χ0v) is 18.1. The number of hydrogen-bond acceptors (Lipinski definition) is 2. The molecule has 4 aromatic carbocycles. The summed E-state index contributed by atoms with van der Waals surface area (Å²) in [6.45, 7) is 0. The number of aromatic nitrogens is 3. The van der Waals surface area contributed by atoms with Crippen LogP contribution in [-0.2, 0) is 0 Å². The van der Waals surface area contributed by atoms with Gasteiger partial charge in [-0.05, 0) is 48.5 Å². The van der Waals surface area contributed by atoms with E-state index in [1.807, 2.05) is 102 Å². The maximum absolute atomic E-state index is 5.95. The third-order valence-corrected chi connectivity index (χ3v) is 5.39. The smallest absolute Gasteiger partial charge is 0.314 e. The van der Waals surface area contributed by atoms with Crippen LogP contribution in [0.5, 0.6) is 0 Å². The minimum Gasteiger partial charge on any atom is -0.341 e. The Morgan fingerprint density at radius 3 is 1.84 bits per heavy atom. The Morgan fingerprint density at radius 1 is 0.688 bits per heavy atom. The first kappa shape index (κ1) is 19.8. The van der Waals surface area contributed by atoms with Gasteiger partial charge >= 0.3 is 11.6 Å². The Kier molecular flexibility index (Phi) is 5.56. The standard InChI is InChI=1S/C27H20N4S/c32-26(28-22-15-7-2-8-16-22)27-30(23-17-9-3-10-18-23)25(21-13-5-1-6-14-21)29-31(27)24-19-11-4-12-20-24/h1-20H/p+1. The van der Waals surface area contributed by atoms with Crippen molar-refractivity contribution >= 4 is 22.9 Å². The molecule has 0 atom stereocenters. The molecular formula is C27H21N4S+. The summed E-state index contributed by atoms with van der Waals surface area (Å²) in [4.78, 5) is 0.582. The van der Waals surface area contributed by atoms with Crippen molar-refractivity contribution in [2.75, 3.05) is 5.32 Å². The Balaban J connectivity index is 1.77. The van der Waals surface area contributed by atoms with Crippen LogP contribution in [0.3, 0.4) is 0 Å². The molecular weight excluding hydrogens is 412 g/mol. The van der Waals surface area contributed by atoms with Crippen molar-refractivity contribution in [1.29, 1.82) is 0 Å². The molecule has 5 heteroatoms. The largest absolute Gasteiger partial charge is 0.341 e. The number of rotatable bonds is 5. The van der Waals surface area contributed by atoms with Gasteiger partial charge in [0.15, 0.2) is 4.99 Å². The Labute approximate surface area is 192 Å². The van der Waals surface area contributed by atoms with Gasteiger partial charge in [-0.1, -0.05) is 89.7 Å². The van der Waals surface area contributed by atoms with Gasteiger partial charge in [0, 0.05) is 5.69 Å². The van der Waals surface area contributed by atoms with Crippen LogP contribution in [0.4, 0.5) is 5.69 Å². The molecule has 1 heterocycles. The molecule has 0 aliphatic carbocycles. The van der Waals surface area contributed by atoms with Gasteiger partial charge in [0.1, 0.15) is 11.4 Å². The molecule has 0 radical (unpaired) electrons. The van der Waals surface area contributed by atoms with E-state index in [2.05, 4.69) is 34.1 Å². The topological polar surface area (TPSA) is 33.7 Å². The molecule has 0 spiro atoms. The number of benzene rings is 4. The first-order valence-electron chi connectivity index (χ1n) is 10.4. The highest BCUT2D eigenvalue weighted by Gasteiger charge is 2.32. The second kappa shape index (κ2) is 8.96. The summed E-state index contributed by atoms with van der Waals surface area (Å²) in [5.74, 6) is 1.59. The minimum absolute atomic E-state index is 0.582. The molecule has 32 heavy (non-hydrogen) atoms. The van der Waals surface area contributed by atoms with E-state index >= 15 is 0 Å². The van der Waals surface area contributed by atoms with Gasteiger partial charge in [0.05, 0.1) is 10.7 Å². The summed E-state index contributed by atoms with van der Waals surface area (Å²) >= 11 is 5.95. The van der Waals surface area contributed by atoms with E-state index in [9.17, 15) is 0 Å². The molecule has 1 aromatic heterocycles. The van der Waals surface area contributed by atoms with E-state index < -0.39 is 0 Å². The molecule has 0 saturated carbocycles. The number of hydrogen-bond donors (Lipinski definition) is 1. The lowest BCUT2D eigenvalue weighted by molar-refractivity contribution is -0.585. The van der Waals surface area contributed by atoms with Crippen molar-refractivity contribution in [2.24, 2.45) is 0 Å². The van der Waals surface area contributed by atoms with Crippen LogP contribution in [-0.4, -0.2) is 14.8 Å². The molecule has 1 N–H and O–H groups in total. The SMILES string of the molecule is S=C(Nc1ccccc1)c1n(-c2ccccc2)nc(-c2ccccc2)[n+]1-c1ccccc1. The van der Waals surface area contributed by atoms with Gasteiger partial charge < -0.3 is 5.32 Å². The highest BCUT2D eigenvalue weighted by molar-refractivity contribution is 7.81. The van der Waals surface area contributed by atoms with Gasteiger partial charge in [-0.2, -0.15) is 4.57 Å². The van der Waals surface area contributed by atoms with Gasteiger partial charge in [-0.3, -0.25) is 0 Å². The van der Waals surface area contributed by atoms with E-state index in [0.717, 1.165) is 34.3 Å². The fourth-order valence-corrected chi connectivity index (χ4v) is 3.93. The molecule has 0 aliphatic heterocycles. The van der Waals surface area contributed by atoms with Crippen LogP contribution in [0.15, 0.2) is 121 Å². The average molecular weight is 434 g/mol.